The molecule has 0 radical (unpaired) electrons. The first-order valence-corrected chi connectivity index (χ1v) is 6.47. The fourth-order valence-electron chi connectivity index (χ4n) is 0.836. The number of phosphoric ester groups is 1. The molecule has 0 rings (SSSR count). The first kappa shape index (κ1) is 16.1. The Labute approximate surface area is 100 Å². The van der Waals surface area contributed by atoms with Gasteiger partial charge in [-0.1, -0.05) is 19.1 Å². The molecule has 1 unspecified atom stereocenters. The van der Waals surface area contributed by atoms with Gasteiger partial charge in [-0.15, -0.1) is 13.2 Å². The van der Waals surface area contributed by atoms with Crippen molar-refractivity contribution in [3.8, 4) is 0 Å². The van der Waals surface area contributed by atoms with Crippen LogP contribution >= 0.6 is 7.82 Å². The maximum atomic E-state index is 12.0. The van der Waals surface area contributed by atoms with Gasteiger partial charge in [0.1, 0.15) is 0 Å². The molecule has 0 saturated heterocycles. The number of hydrogen-bond donors (Lipinski definition) is 1. The first-order valence-electron chi connectivity index (χ1n) is 5.01. The van der Waals surface area contributed by atoms with Gasteiger partial charge >= 0.3 is 13.8 Å². The quantitative estimate of drug-likeness (QED) is 0.482. The van der Waals surface area contributed by atoms with Crippen molar-refractivity contribution < 1.29 is 28.0 Å². The van der Waals surface area contributed by atoms with Crippen LogP contribution in [0.15, 0.2) is 25.3 Å². The third kappa shape index (κ3) is 6.38. The van der Waals surface area contributed by atoms with E-state index in [1.165, 1.54) is 12.2 Å². The van der Waals surface area contributed by atoms with Gasteiger partial charge in [0.15, 0.2) is 6.10 Å². The molecule has 0 aliphatic rings. The number of carboxylic acids is 1. The van der Waals surface area contributed by atoms with Crippen LogP contribution in [0.3, 0.4) is 0 Å². The summed E-state index contributed by atoms with van der Waals surface area (Å²) in [4.78, 5) is 10.8. The van der Waals surface area contributed by atoms with Crippen LogP contribution in [-0.4, -0.2) is 30.4 Å². The van der Waals surface area contributed by atoms with Crippen LogP contribution in [0.1, 0.15) is 13.3 Å². The Balaban J connectivity index is 4.65. The number of carbonyl (C=O) groups is 1. The minimum absolute atomic E-state index is 0.0650. The molecular weight excluding hydrogens is 247 g/mol. The molecule has 0 aromatic heterocycles. The van der Waals surface area contributed by atoms with Gasteiger partial charge < -0.3 is 5.11 Å². The van der Waals surface area contributed by atoms with Gasteiger partial charge in [-0.25, -0.2) is 9.36 Å². The summed E-state index contributed by atoms with van der Waals surface area (Å²) in [6.45, 7) is 8.23. The molecule has 0 aliphatic carbocycles. The van der Waals surface area contributed by atoms with Crippen molar-refractivity contribution in [2.24, 2.45) is 0 Å². The third-order valence-corrected chi connectivity index (χ3v) is 3.05. The summed E-state index contributed by atoms with van der Waals surface area (Å²) in [7, 11) is -3.90. The highest BCUT2D eigenvalue weighted by Crippen LogP contribution is 2.50. The monoisotopic (exact) mass is 264 g/mol. The first-order chi connectivity index (χ1) is 7.99. The van der Waals surface area contributed by atoms with E-state index in [2.05, 4.69) is 13.2 Å². The Hall–Kier alpha value is -0.940. The number of aliphatic carboxylic acids is 1. The van der Waals surface area contributed by atoms with Crippen LogP contribution in [-0.2, 0) is 22.9 Å². The Morgan fingerprint density at radius 2 is 1.82 bits per heavy atom. The molecule has 6 nitrogen and oxygen atoms in total. The molecule has 0 fully saturated rings. The van der Waals surface area contributed by atoms with Gasteiger partial charge in [0.25, 0.3) is 0 Å². The molecule has 17 heavy (non-hydrogen) atoms. The van der Waals surface area contributed by atoms with Gasteiger partial charge in [-0.05, 0) is 6.42 Å². The topological polar surface area (TPSA) is 82.1 Å². The molecular formula is C10H17O6P. The maximum Gasteiger partial charge on any atom is 0.476 e. The summed E-state index contributed by atoms with van der Waals surface area (Å²) in [6.07, 6.45) is 1.62. The lowest BCUT2D eigenvalue weighted by Crippen LogP contribution is -2.22. The largest absolute Gasteiger partial charge is 0.479 e. The average Bonchev–Trinajstić information content (AvgIpc) is 2.31. The van der Waals surface area contributed by atoms with Gasteiger partial charge in [-0.3, -0.25) is 13.6 Å². The zero-order valence-electron chi connectivity index (χ0n) is 9.70. The number of phosphoric acid groups is 1. The predicted molar refractivity (Wildman–Crippen MR) is 62.7 cm³/mol. The van der Waals surface area contributed by atoms with Crippen molar-refractivity contribution in [3.63, 3.8) is 0 Å². The molecule has 1 N–H and O–H groups in total. The normalized spacial score (nSPS) is 13.0. The van der Waals surface area contributed by atoms with Gasteiger partial charge in [0.05, 0.1) is 13.2 Å². The summed E-state index contributed by atoms with van der Waals surface area (Å²) in [5, 5.41) is 8.79. The molecule has 0 aliphatic heterocycles. The molecule has 0 amide bonds. The third-order valence-electron chi connectivity index (χ3n) is 1.60. The van der Waals surface area contributed by atoms with Crippen molar-refractivity contribution in [2.45, 2.75) is 19.4 Å². The number of carboxylic acid groups (broad SMARTS) is 1. The lowest BCUT2D eigenvalue weighted by atomic mass is 10.3. The molecule has 0 aromatic rings. The van der Waals surface area contributed by atoms with Gasteiger partial charge in [-0.2, -0.15) is 0 Å². The fraction of sp³-hybridized carbons (Fsp3) is 0.500. The fourth-order valence-corrected chi connectivity index (χ4v) is 2.16. The van der Waals surface area contributed by atoms with E-state index >= 15 is 0 Å². The van der Waals surface area contributed by atoms with E-state index in [1.54, 1.807) is 6.92 Å². The van der Waals surface area contributed by atoms with Crippen molar-refractivity contribution in [1.82, 2.24) is 0 Å². The van der Waals surface area contributed by atoms with Crippen LogP contribution in [0, 0.1) is 0 Å². The smallest absolute Gasteiger partial charge is 0.476 e. The van der Waals surface area contributed by atoms with E-state index in [1.807, 2.05) is 0 Å². The average molecular weight is 264 g/mol. The van der Waals surface area contributed by atoms with Crippen LogP contribution in [0.5, 0.6) is 0 Å². The Morgan fingerprint density at radius 3 is 2.12 bits per heavy atom. The zero-order valence-corrected chi connectivity index (χ0v) is 10.6. The zero-order chi connectivity index (χ0) is 13.3. The Kier molecular flexibility index (Phi) is 7.74. The molecule has 0 saturated carbocycles. The second kappa shape index (κ2) is 8.20. The highest BCUT2D eigenvalue weighted by atomic mass is 31.2. The summed E-state index contributed by atoms with van der Waals surface area (Å²) in [5.74, 6) is -1.22. The SMILES string of the molecule is C=CCOP(=O)(OCC=C)OC(CC)C(=O)O. The van der Waals surface area contributed by atoms with Crippen LogP contribution in [0.4, 0.5) is 0 Å². The summed E-state index contributed by atoms with van der Waals surface area (Å²) in [6, 6.07) is 0. The van der Waals surface area contributed by atoms with E-state index < -0.39 is 19.9 Å². The van der Waals surface area contributed by atoms with Crippen molar-refractivity contribution in [1.29, 1.82) is 0 Å². The number of rotatable bonds is 10. The van der Waals surface area contributed by atoms with E-state index in [-0.39, 0.29) is 19.6 Å². The second-order valence-corrected chi connectivity index (χ2v) is 4.58. The maximum absolute atomic E-state index is 12.0. The van der Waals surface area contributed by atoms with Gasteiger partial charge in [0.2, 0.25) is 0 Å². The Bertz CT molecular complexity index is 298. The molecule has 7 heteroatoms. The van der Waals surface area contributed by atoms with E-state index in [0.717, 1.165) is 0 Å². The molecule has 1 atom stereocenters. The van der Waals surface area contributed by atoms with Gasteiger partial charge in [0, 0.05) is 0 Å². The van der Waals surface area contributed by atoms with Crippen LogP contribution in [0.2, 0.25) is 0 Å². The van der Waals surface area contributed by atoms with Crippen LogP contribution in [0.25, 0.3) is 0 Å². The van der Waals surface area contributed by atoms with E-state index in [0.29, 0.717) is 0 Å². The van der Waals surface area contributed by atoms with Crippen molar-refractivity contribution in [3.05, 3.63) is 25.3 Å². The minimum Gasteiger partial charge on any atom is -0.479 e. The minimum atomic E-state index is -3.90. The molecule has 0 heterocycles. The van der Waals surface area contributed by atoms with Crippen molar-refractivity contribution in [2.75, 3.05) is 13.2 Å². The lowest BCUT2D eigenvalue weighted by molar-refractivity contribution is -0.146. The predicted octanol–water partition coefficient (Wildman–Crippen LogP) is 2.38. The molecule has 0 bridgehead atoms. The summed E-state index contributed by atoms with van der Waals surface area (Å²) in [5.41, 5.74) is 0. The standard InChI is InChI=1S/C10H17O6P/c1-4-7-14-17(13,15-8-5-2)16-9(6-3)10(11)12/h4-5,9H,1-2,6-8H2,3H3,(H,11,12). The molecule has 0 aromatic carbocycles. The van der Waals surface area contributed by atoms with E-state index in [9.17, 15) is 9.36 Å². The molecule has 98 valence electrons. The Morgan fingerprint density at radius 1 is 1.35 bits per heavy atom. The highest BCUT2D eigenvalue weighted by molar-refractivity contribution is 7.48. The highest BCUT2D eigenvalue weighted by Gasteiger charge is 2.32. The number of hydrogen-bond acceptors (Lipinski definition) is 5. The van der Waals surface area contributed by atoms with Crippen molar-refractivity contribution >= 4 is 13.8 Å². The van der Waals surface area contributed by atoms with E-state index in [4.69, 9.17) is 18.7 Å². The summed E-state index contributed by atoms with van der Waals surface area (Å²) < 4.78 is 26.5. The second-order valence-electron chi connectivity index (χ2n) is 2.96. The van der Waals surface area contributed by atoms with Crippen LogP contribution < -0.4 is 0 Å². The lowest BCUT2D eigenvalue weighted by Gasteiger charge is -2.19. The summed E-state index contributed by atoms with van der Waals surface area (Å²) >= 11 is 0. The molecule has 0 spiro atoms.